The van der Waals surface area contributed by atoms with Crippen LogP contribution in [0.2, 0.25) is 0 Å². The van der Waals surface area contributed by atoms with E-state index in [4.69, 9.17) is 9.15 Å². The van der Waals surface area contributed by atoms with Crippen molar-refractivity contribution in [1.82, 2.24) is 10.2 Å². The molecule has 0 fully saturated rings. The van der Waals surface area contributed by atoms with Gasteiger partial charge in [-0.1, -0.05) is 29.2 Å². The van der Waals surface area contributed by atoms with Crippen LogP contribution in [0.4, 0.5) is 5.88 Å². The molecule has 8 nitrogen and oxygen atoms in total. The summed E-state index contributed by atoms with van der Waals surface area (Å²) in [5, 5.41) is 21.2. The summed E-state index contributed by atoms with van der Waals surface area (Å²) in [5.74, 6) is 0.748. The highest BCUT2D eigenvalue weighted by molar-refractivity contribution is 8.03. The van der Waals surface area contributed by atoms with Gasteiger partial charge in [0.05, 0.1) is 13.2 Å². The normalized spacial score (nSPS) is 11.5. The second kappa shape index (κ2) is 9.01. The van der Waals surface area contributed by atoms with Crippen molar-refractivity contribution in [1.29, 1.82) is 0 Å². The van der Waals surface area contributed by atoms with E-state index in [1.54, 1.807) is 14.0 Å². The molecule has 0 aliphatic rings. The molecule has 150 valence electrons. The lowest BCUT2D eigenvalue weighted by molar-refractivity contribution is -0.401. The number of thioether (sulfide) groups is 1. The number of aromatic nitrogens is 2. The average Bonchev–Trinajstić information content (AvgIpc) is 3.34. The van der Waals surface area contributed by atoms with Crippen LogP contribution in [0, 0.1) is 17.0 Å². The predicted molar refractivity (Wildman–Crippen MR) is 111 cm³/mol. The third-order valence-corrected chi connectivity index (χ3v) is 5.87. The molecule has 0 amide bonds. The zero-order chi connectivity index (χ0) is 21.0. The van der Waals surface area contributed by atoms with E-state index in [1.807, 2.05) is 30.5 Å². The van der Waals surface area contributed by atoms with E-state index in [0.29, 0.717) is 15.1 Å². The molecule has 0 spiro atoms. The fourth-order valence-corrected chi connectivity index (χ4v) is 4.27. The number of nitro groups is 1. The molecular formula is C19H17N3O5S2. The van der Waals surface area contributed by atoms with Crippen LogP contribution in [0.3, 0.4) is 0 Å². The number of methoxy groups -OCH3 is 1. The summed E-state index contributed by atoms with van der Waals surface area (Å²) in [6.07, 6.45) is 0.288. The van der Waals surface area contributed by atoms with Crippen molar-refractivity contribution in [2.45, 2.75) is 24.6 Å². The number of carbonyl (C=O) groups excluding carboxylic acids is 1. The smallest absolute Gasteiger partial charge is 0.433 e. The first-order chi connectivity index (χ1) is 13.9. The molecule has 0 atom stereocenters. The minimum Gasteiger partial charge on any atom is -0.497 e. The Hall–Kier alpha value is -2.98. The Kier molecular flexibility index (Phi) is 6.45. The van der Waals surface area contributed by atoms with E-state index in [2.05, 4.69) is 10.2 Å². The van der Waals surface area contributed by atoms with Crippen molar-refractivity contribution in [3.63, 3.8) is 0 Å². The van der Waals surface area contributed by atoms with Gasteiger partial charge in [-0.3, -0.25) is 14.9 Å². The molecule has 0 saturated heterocycles. The van der Waals surface area contributed by atoms with Crippen molar-refractivity contribution in [2.24, 2.45) is 0 Å². The number of ether oxygens (including phenoxy) is 1. The van der Waals surface area contributed by atoms with E-state index in [9.17, 15) is 14.9 Å². The van der Waals surface area contributed by atoms with Crippen LogP contribution in [0.15, 0.2) is 44.5 Å². The van der Waals surface area contributed by atoms with E-state index < -0.39 is 4.92 Å². The molecule has 2 aromatic heterocycles. The molecule has 0 aliphatic carbocycles. The van der Waals surface area contributed by atoms with Crippen LogP contribution in [0.5, 0.6) is 5.75 Å². The van der Waals surface area contributed by atoms with Crippen LogP contribution in [0.1, 0.15) is 24.5 Å². The van der Waals surface area contributed by atoms with Gasteiger partial charge in [0, 0.05) is 6.42 Å². The molecule has 3 aromatic rings. The Labute approximate surface area is 174 Å². The van der Waals surface area contributed by atoms with Gasteiger partial charge < -0.3 is 9.15 Å². The van der Waals surface area contributed by atoms with Crippen molar-refractivity contribution >= 4 is 40.3 Å². The summed E-state index contributed by atoms with van der Waals surface area (Å²) in [5.41, 5.74) is 2.83. The number of aryl methyl sites for hydroxylation is 1. The summed E-state index contributed by atoms with van der Waals surface area (Å²) >= 11 is 2.59. The highest BCUT2D eigenvalue weighted by atomic mass is 32.2. The largest absolute Gasteiger partial charge is 0.497 e. The summed E-state index contributed by atoms with van der Waals surface area (Å²) in [6, 6.07) is 8.47. The van der Waals surface area contributed by atoms with Gasteiger partial charge in [-0.25, -0.2) is 0 Å². The lowest BCUT2D eigenvalue weighted by atomic mass is 9.98. The number of furan rings is 1. The second-order valence-corrected chi connectivity index (χ2v) is 8.18. The van der Waals surface area contributed by atoms with Gasteiger partial charge in [0.15, 0.2) is 15.1 Å². The number of benzene rings is 1. The molecule has 10 heteroatoms. The highest BCUT2D eigenvalue weighted by Crippen LogP contribution is 2.35. The molecule has 0 N–H and O–H groups in total. The molecule has 0 bridgehead atoms. The third-order valence-electron chi connectivity index (χ3n) is 3.91. The second-order valence-electron chi connectivity index (χ2n) is 6.09. The molecule has 0 unspecified atom stereocenters. The van der Waals surface area contributed by atoms with Crippen molar-refractivity contribution in [3.05, 3.63) is 57.0 Å². The Morgan fingerprint density at radius 2 is 2.14 bits per heavy atom. The Morgan fingerprint density at radius 3 is 2.76 bits per heavy atom. The maximum absolute atomic E-state index is 11.8. The van der Waals surface area contributed by atoms with Crippen molar-refractivity contribution in [3.8, 4) is 16.5 Å². The lowest BCUT2D eigenvalue weighted by Crippen LogP contribution is -1.96. The first kappa shape index (κ1) is 20.7. The minimum atomic E-state index is -0.603. The number of hydrogen-bond donors (Lipinski definition) is 0. The predicted octanol–water partition coefficient (Wildman–Crippen LogP) is 5.14. The topological polar surface area (TPSA) is 108 Å². The summed E-state index contributed by atoms with van der Waals surface area (Å²) in [7, 11) is 1.61. The maximum atomic E-state index is 11.8. The van der Waals surface area contributed by atoms with Gasteiger partial charge in [-0.05, 0) is 54.2 Å². The Bertz CT molecular complexity index is 1090. The molecule has 29 heavy (non-hydrogen) atoms. The number of Topliss-reactive ketones (excluding diaryl/α,β-unsaturated/α-hetero) is 1. The van der Waals surface area contributed by atoms with Gasteiger partial charge in [-0.15, -0.1) is 10.2 Å². The van der Waals surface area contributed by atoms with Crippen molar-refractivity contribution in [2.75, 3.05) is 7.11 Å². The quantitative estimate of drug-likeness (QED) is 0.274. The standard InChI is InChI=1S/C19H17N3O5S2/c1-11-8-14(26-3)4-5-15(11)13(9-12(2)23)10-28-19-21-20-18(29-19)16-6-7-17(27-16)22(24)25/h4-8,10H,9H2,1-3H3. The van der Waals surface area contributed by atoms with E-state index in [-0.39, 0.29) is 18.1 Å². The molecule has 0 radical (unpaired) electrons. The summed E-state index contributed by atoms with van der Waals surface area (Å²) < 4.78 is 11.0. The Morgan fingerprint density at radius 1 is 1.34 bits per heavy atom. The minimum absolute atomic E-state index is 0.0490. The number of allylic oxidation sites excluding steroid dienone is 1. The molecule has 3 rings (SSSR count). The fraction of sp³-hybridized carbons (Fsp3) is 0.211. The fourth-order valence-electron chi connectivity index (χ4n) is 2.61. The van der Waals surface area contributed by atoms with E-state index in [0.717, 1.165) is 22.4 Å². The van der Waals surface area contributed by atoms with Crippen LogP contribution >= 0.6 is 23.1 Å². The lowest BCUT2D eigenvalue weighted by Gasteiger charge is -2.11. The SMILES string of the molecule is COc1ccc(C(=CSc2nnc(-c3ccc([N+](=O)[O-])o3)s2)CC(C)=O)c(C)c1. The molecular weight excluding hydrogens is 414 g/mol. The van der Waals surface area contributed by atoms with Crippen LogP contribution in [-0.2, 0) is 4.79 Å². The molecule has 2 heterocycles. The monoisotopic (exact) mass is 431 g/mol. The number of ketones is 1. The van der Waals surface area contributed by atoms with Gasteiger partial charge in [-0.2, -0.15) is 0 Å². The van der Waals surface area contributed by atoms with Crippen LogP contribution < -0.4 is 4.74 Å². The average molecular weight is 431 g/mol. The maximum Gasteiger partial charge on any atom is 0.433 e. The van der Waals surface area contributed by atoms with Crippen molar-refractivity contribution < 1.29 is 18.9 Å². The number of rotatable bonds is 8. The molecule has 0 aliphatic heterocycles. The Balaban J connectivity index is 1.83. The first-order valence-corrected chi connectivity index (χ1v) is 10.1. The van der Waals surface area contributed by atoms with E-state index >= 15 is 0 Å². The number of carbonyl (C=O) groups is 1. The van der Waals surface area contributed by atoms with Gasteiger partial charge in [0.2, 0.25) is 0 Å². The molecule has 0 saturated carbocycles. The number of nitrogens with zero attached hydrogens (tertiary/aromatic N) is 3. The van der Waals surface area contributed by atoms with E-state index in [1.165, 1.54) is 35.2 Å². The first-order valence-electron chi connectivity index (χ1n) is 8.45. The molecule has 1 aromatic carbocycles. The zero-order valence-corrected chi connectivity index (χ0v) is 17.5. The summed E-state index contributed by atoms with van der Waals surface area (Å²) in [4.78, 5) is 21.9. The van der Waals surface area contributed by atoms with Gasteiger partial charge in [0.25, 0.3) is 0 Å². The van der Waals surface area contributed by atoms with Crippen LogP contribution in [0.25, 0.3) is 16.3 Å². The number of hydrogen-bond acceptors (Lipinski definition) is 9. The summed E-state index contributed by atoms with van der Waals surface area (Å²) in [6.45, 7) is 3.51. The van der Waals surface area contributed by atoms with Gasteiger partial charge in [0.1, 0.15) is 16.5 Å². The van der Waals surface area contributed by atoms with Gasteiger partial charge >= 0.3 is 5.88 Å². The zero-order valence-electron chi connectivity index (χ0n) is 15.9. The van der Waals surface area contributed by atoms with Crippen LogP contribution in [-0.4, -0.2) is 28.0 Å². The third kappa shape index (κ3) is 5.09. The highest BCUT2D eigenvalue weighted by Gasteiger charge is 2.17.